The monoisotopic (exact) mass is 366 g/mol. The second-order valence-electron chi connectivity index (χ2n) is 4.12. The number of carbonyl (C=O) groups is 2. The molecule has 0 unspecified atom stereocenters. The van der Waals surface area contributed by atoms with Gasteiger partial charge < -0.3 is 10.4 Å². The number of halogens is 1. The maximum absolute atomic E-state index is 11.2. The smallest absolute Gasteiger partial charge is 0.338 e. The maximum atomic E-state index is 11.2. The number of nitrogens with one attached hydrogen (secondary N) is 1. The molecule has 108 valence electrons. The van der Waals surface area contributed by atoms with Crippen molar-refractivity contribution < 1.29 is 14.7 Å². The summed E-state index contributed by atoms with van der Waals surface area (Å²) in [5.74, 6) is -1.17. The first-order valence-corrected chi connectivity index (χ1v) is 7.51. The molecule has 0 fully saturated rings. The molecule has 0 saturated carbocycles. The zero-order valence-corrected chi connectivity index (χ0v) is 13.4. The summed E-state index contributed by atoms with van der Waals surface area (Å²) in [6.45, 7) is 1.44. The van der Waals surface area contributed by atoms with E-state index in [1.165, 1.54) is 24.8 Å². The van der Waals surface area contributed by atoms with Crippen molar-refractivity contribution in [2.45, 2.75) is 16.8 Å². The Hall–Kier alpha value is -1.86. The molecule has 2 rings (SSSR count). The first-order valence-electron chi connectivity index (χ1n) is 5.90. The molecule has 1 amide bonds. The lowest BCUT2D eigenvalue weighted by Gasteiger charge is -2.06. The molecule has 1 heterocycles. The van der Waals surface area contributed by atoms with Crippen LogP contribution < -0.4 is 5.32 Å². The number of pyridine rings is 1. The SMILES string of the molecule is CC(=O)Nc1ccc(Sc2ncc(Br)cc2C(=O)O)cc1. The van der Waals surface area contributed by atoms with Gasteiger partial charge in [0.05, 0.1) is 5.56 Å². The summed E-state index contributed by atoms with van der Waals surface area (Å²) in [6.07, 6.45) is 1.56. The summed E-state index contributed by atoms with van der Waals surface area (Å²) in [7, 11) is 0. The van der Waals surface area contributed by atoms with Crippen LogP contribution in [0.15, 0.2) is 50.9 Å². The van der Waals surface area contributed by atoms with Crippen LogP contribution in [0, 0.1) is 0 Å². The summed E-state index contributed by atoms with van der Waals surface area (Å²) < 4.78 is 0.616. The predicted octanol–water partition coefficient (Wildman–Crippen LogP) is 3.65. The Balaban J connectivity index is 2.22. The van der Waals surface area contributed by atoms with Crippen LogP contribution in [0.25, 0.3) is 0 Å². The quantitative estimate of drug-likeness (QED) is 0.862. The predicted molar refractivity (Wildman–Crippen MR) is 83.8 cm³/mol. The fourth-order valence-corrected chi connectivity index (χ4v) is 2.77. The van der Waals surface area contributed by atoms with Gasteiger partial charge in [-0.3, -0.25) is 4.79 Å². The van der Waals surface area contributed by atoms with Gasteiger partial charge in [-0.05, 0) is 46.3 Å². The third kappa shape index (κ3) is 4.30. The van der Waals surface area contributed by atoms with Crippen LogP contribution in [-0.2, 0) is 4.79 Å². The van der Waals surface area contributed by atoms with E-state index in [1.54, 1.807) is 30.5 Å². The summed E-state index contributed by atoms with van der Waals surface area (Å²) in [6, 6.07) is 8.62. The maximum Gasteiger partial charge on any atom is 0.338 e. The summed E-state index contributed by atoms with van der Waals surface area (Å²) in [5.41, 5.74) is 0.828. The van der Waals surface area contributed by atoms with Gasteiger partial charge in [0.15, 0.2) is 0 Å². The number of aromatic carboxylic acids is 1. The largest absolute Gasteiger partial charge is 0.478 e. The van der Waals surface area contributed by atoms with Gasteiger partial charge >= 0.3 is 5.97 Å². The second kappa shape index (κ2) is 6.73. The Bertz CT molecular complexity index is 689. The van der Waals surface area contributed by atoms with Crippen LogP contribution in [0.2, 0.25) is 0 Å². The highest BCUT2D eigenvalue weighted by molar-refractivity contribution is 9.10. The number of aromatic nitrogens is 1. The van der Waals surface area contributed by atoms with Crippen molar-refractivity contribution in [2.75, 3.05) is 5.32 Å². The van der Waals surface area contributed by atoms with E-state index in [1.807, 2.05) is 0 Å². The number of hydrogen-bond acceptors (Lipinski definition) is 4. The number of nitrogens with zero attached hydrogens (tertiary/aromatic N) is 1. The second-order valence-corrected chi connectivity index (χ2v) is 6.10. The van der Waals surface area contributed by atoms with Gasteiger partial charge in [-0.1, -0.05) is 11.8 Å². The molecule has 0 bridgehead atoms. The summed E-state index contributed by atoms with van der Waals surface area (Å²) in [5, 5.41) is 12.3. The molecule has 0 aliphatic heterocycles. The number of carboxylic acids is 1. The van der Waals surface area contributed by atoms with Crippen molar-refractivity contribution in [3.05, 3.63) is 46.6 Å². The van der Waals surface area contributed by atoms with Crippen molar-refractivity contribution in [3.63, 3.8) is 0 Å². The van der Waals surface area contributed by atoms with E-state index >= 15 is 0 Å². The van der Waals surface area contributed by atoms with Crippen LogP contribution >= 0.6 is 27.7 Å². The highest BCUT2D eigenvalue weighted by atomic mass is 79.9. The lowest BCUT2D eigenvalue weighted by Crippen LogP contribution is -2.05. The molecule has 0 saturated heterocycles. The molecule has 1 aromatic heterocycles. The average Bonchev–Trinajstić information content (AvgIpc) is 2.42. The molecule has 21 heavy (non-hydrogen) atoms. The molecule has 0 atom stereocenters. The number of amides is 1. The molecule has 7 heteroatoms. The number of benzene rings is 1. The van der Waals surface area contributed by atoms with Gasteiger partial charge in [0.25, 0.3) is 0 Å². The molecule has 2 N–H and O–H groups in total. The van der Waals surface area contributed by atoms with Crippen molar-refractivity contribution in [1.82, 2.24) is 4.98 Å². The fourth-order valence-electron chi connectivity index (χ4n) is 1.58. The van der Waals surface area contributed by atoms with Crippen molar-refractivity contribution in [1.29, 1.82) is 0 Å². The van der Waals surface area contributed by atoms with Gasteiger partial charge in [-0.25, -0.2) is 9.78 Å². The molecule has 0 aliphatic rings. The molecule has 0 spiro atoms. The minimum atomic E-state index is -1.03. The molecule has 1 aromatic carbocycles. The highest BCUT2D eigenvalue weighted by Gasteiger charge is 2.13. The van der Waals surface area contributed by atoms with Gasteiger partial charge in [0, 0.05) is 28.2 Å². The van der Waals surface area contributed by atoms with Gasteiger partial charge in [-0.2, -0.15) is 0 Å². The van der Waals surface area contributed by atoms with Crippen molar-refractivity contribution >= 4 is 45.3 Å². The van der Waals surface area contributed by atoms with Gasteiger partial charge in [0.2, 0.25) is 5.91 Å². The van der Waals surface area contributed by atoms with Crippen LogP contribution in [0.1, 0.15) is 17.3 Å². The van der Waals surface area contributed by atoms with E-state index in [4.69, 9.17) is 0 Å². The van der Waals surface area contributed by atoms with Crippen molar-refractivity contribution in [2.24, 2.45) is 0 Å². The standard InChI is InChI=1S/C14H11BrN2O3S/c1-8(18)17-10-2-4-11(5-3-10)21-13-12(14(19)20)6-9(15)7-16-13/h2-7H,1H3,(H,17,18)(H,19,20). The third-order valence-corrected chi connectivity index (χ3v) is 3.90. The Labute approximate surface area is 133 Å². The summed E-state index contributed by atoms with van der Waals surface area (Å²) in [4.78, 5) is 27.1. The number of anilines is 1. The van der Waals surface area contributed by atoms with Gasteiger partial charge in [-0.15, -0.1) is 0 Å². The Morgan fingerprint density at radius 3 is 2.52 bits per heavy atom. The lowest BCUT2D eigenvalue weighted by atomic mass is 10.3. The van der Waals surface area contributed by atoms with E-state index in [0.29, 0.717) is 15.2 Å². The van der Waals surface area contributed by atoms with Gasteiger partial charge in [0.1, 0.15) is 5.03 Å². The number of carbonyl (C=O) groups excluding carboxylic acids is 1. The van der Waals surface area contributed by atoms with Crippen LogP contribution in [0.5, 0.6) is 0 Å². The number of rotatable bonds is 4. The van der Waals surface area contributed by atoms with Crippen LogP contribution in [0.3, 0.4) is 0 Å². The molecular weight excluding hydrogens is 356 g/mol. The molecular formula is C14H11BrN2O3S. The van der Waals surface area contributed by atoms with Crippen LogP contribution in [0.4, 0.5) is 5.69 Å². The topological polar surface area (TPSA) is 79.3 Å². The Morgan fingerprint density at radius 2 is 1.95 bits per heavy atom. The Kier molecular flexibility index (Phi) is 4.98. The summed E-state index contributed by atoms with van der Waals surface area (Å²) >= 11 is 4.46. The third-order valence-electron chi connectivity index (χ3n) is 2.44. The first-order chi connectivity index (χ1) is 9.95. The van der Waals surface area contributed by atoms with E-state index in [9.17, 15) is 14.7 Å². The van der Waals surface area contributed by atoms with E-state index in [2.05, 4.69) is 26.2 Å². The normalized spacial score (nSPS) is 10.2. The van der Waals surface area contributed by atoms with Crippen LogP contribution in [-0.4, -0.2) is 22.0 Å². The first kappa shape index (κ1) is 15.5. The minimum absolute atomic E-state index is 0.139. The zero-order valence-electron chi connectivity index (χ0n) is 11.0. The Morgan fingerprint density at radius 1 is 1.29 bits per heavy atom. The zero-order chi connectivity index (χ0) is 15.4. The average molecular weight is 367 g/mol. The van der Waals surface area contributed by atoms with Crippen molar-refractivity contribution in [3.8, 4) is 0 Å². The molecule has 0 aliphatic carbocycles. The van der Waals surface area contributed by atoms with E-state index < -0.39 is 5.97 Å². The van der Waals surface area contributed by atoms with E-state index in [0.717, 1.165) is 4.90 Å². The fraction of sp³-hybridized carbons (Fsp3) is 0.0714. The molecule has 0 radical (unpaired) electrons. The molecule has 2 aromatic rings. The highest BCUT2D eigenvalue weighted by Crippen LogP contribution is 2.30. The van der Waals surface area contributed by atoms with E-state index in [-0.39, 0.29) is 11.5 Å². The minimum Gasteiger partial charge on any atom is -0.478 e. The number of carboxylic acid groups (broad SMARTS) is 1. The lowest BCUT2D eigenvalue weighted by molar-refractivity contribution is -0.114. The molecule has 5 nitrogen and oxygen atoms in total. The number of hydrogen-bond donors (Lipinski definition) is 2.